The molecule has 33 heavy (non-hydrogen) atoms. The van der Waals surface area contributed by atoms with Crippen molar-refractivity contribution in [3.63, 3.8) is 0 Å². The second-order valence-electron chi connectivity index (χ2n) is 8.16. The topological polar surface area (TPSA) is 75.5 Å². The van der Waals surface area contributed by atoms with Crippen LogP contribution in [0.3, 0.4) is 0 Å². The van der Waals surface area contributed by atoms with Gasteiger partial charge < -0.3 is 9.80 Å². The Balaban J connectivity index is 1.46. The van der Waals surface area contributed by atoms with Gasteiger partial charge in [-0.25, -0.2) is 9.37 Å². The van der Waals surface area contributed by atoms with Crippen LogP contribution in [0.1, 0.15) is 18.9 Å². The van der Waals surface area contributed by atoms with Gasteiger partial charge in [0.25, 0.3) is 5.56 Å². The van der Waals surface area contributed by atoms with Crippen molar-refractivity contribution in [3.8, 4) is 0 Å². The van der Waals surface area contributed by atoms with Gasteiger partial charge in [0.1, 0.15) is 5.82 Å². The van der Waals surface area contributed by atoms with E-state index in [2.05, 4.69) is 9.88 Å². The summed E-state index contributed by atoms with van der Waals surface area (Å²) in [4.78, 5) is 45.3. The summed E-state index contributed by atoms with van der Waals surface area (Å²) in [7, 11) is 0. The van der Waals surface area contributed by atoms with E-state index in [0.717, 1.165) is 5.69 Å². The quantitative estimate of drug-likeness (QED) is 0.553. The van der Waals surface area contributed by atoms with Crippen molar-refractivity contribution < 1.29 is 14.0 Å². The minimum Gasteiger partial charge on any atom is -0.368 e. The maximum atomic E-state index is 13.6. The third-order valence-electron chi connectivity index (χ3n) is 5.92. The van der Waals surface area contributed by atoms with E-state index in [-0.39, 0.29) is 35.2 Å². The minimum absolute atomic E-state index is 0.0407. The molecule has 4 rings (SSSR count). The van der Waals surface area contributed by atoms with Gasteiger partial charge in [-0.3, -0.25) is 19.0 Å². The molecule has 1 amide bonds. The molecule has 172 valence electrons. The van der Waals surface area contributed by atoms with Gasteiger partial charge in [-0.15, -0.1) is 0 Å². The largest absolute Gasteiger partial charge is 0.368 e. The highest BCUT2D eigenvalue weighted by Gasteiger charge is 2.19. The molecule has 7 nitrogen and oxygen atoms in total. The first-order chi connectivity index (χ1) is 15.8. The molecule has 2 aromatic carbocycles. The van der Waals surface area contributed by atoms with Crippen LogP contribution in [0.5, 0.6) is 0 Å². The van der Waals surface area contributed by atoms with Crippen LogP contribution in [0.4, 0.5) is 10.1 Å². The minimum atomic E-state index is -0.518. The first kappa shape index (κ1) is 22.9. The van der Waals surface area contributed by atoms with Crippen LogP contribution >= 0.6 is 11.6 Å². The number of aromatic nitrogens is 2. The predicted octanol–water partition coefficient (Wildman–Crippen LogP) is 3.06. The molecule has 0 aliphatic carbocycles. The number of ketones is 1. The Kier molecular flexibility index (Phi) is 6.74. The molecule has 1 aliphatic rings. The average molecular weight is 471 g/mol. The number of benzene rings is 2. The molecule has 0 radical (unpaired) electrons. The Bertz CT molecular complexity index is 1270. The molecular weight excluding hydrogens is 447 g/mol. The number of fused-ring (bicyclic) bond motifs is 1. The number of anilines is 1. The van der Waals surface area contributed by atoms with Gasteiger partial charge in [0.2, 0.25) is 5.91 Å². The summed E-state index contributed by atoms with van der Waals surface area (Å²) in [5, 5.41) is 0.482. The lowest BCUT2D eigenvalue weighted by molar-refractivity contribution is -0.129. The number of hydrogen-bond donors (Lipinski definition) is 0. The maximum Gasteiger partial charge on any atom is 0.261 e. The van der Waals surface area contributed by atoms with E-state index in [1.165, 1.54) is 23.0 Å². The lowest BCUT2D eigenvalue weighted by atomic mass is 10.1. The van der Waals surface area contributed by atoms with Crippen molar-refractivity contribution in [1.29, 1.82) is 0 Å². The van der Waals surface area contributed by atoms with E-state index in [4.69, 9.17) is 11.6 Å². The first-order valence-corrected chi connectivity index (χ1v) is 11.1. The Morgan fingerprint density at radius 2 is 1.85 bits per heavy atom. The third kappa shape index (κ3) is 5.22. The van der Waals surface area contributed by atoms with Crippen LogP contribution in [-0.2, 0) is 22.6 Å². The zero-order chi connectivity index (χ0) is 23.5. The average Bonchev–Trinajstić information content (AvgIpc) is 2.81. The molecule has 2 heterocycles. The van der Waals surface area contributed by atoms with E-state index in [0.29, 0.717) is 49.1 Å². The number of rotatable bonds is 6. The highest BCUT2D eigenvalue weighted by Crippen LogP contribution is 2.21. The summed E-state index contributed by atoms with van der Waals surface area (Å²) in [6, 6.07) is 9.97. The number of halogens is 2. The molecule has 9 heteroatoms. The highest BCUT2D eigenvalue weighted by atomic mass is 35.5. The fourth-order valence-corrected chi connectivity index (χ4v) is 4.10. The summed E-state index contributed by atoms with van der Waals surface area (Å²) in [5.41, 5.74) is 1.84. The van der Waals surface area contributed by atoms with Crippen LogP contribution in [0.2, 0.25) is 5.02 Å². The van der Waals surface area contributed by atoms with Crippen molar-refractivity contribution >= 4 is 39.9 Å². The summed E-state index contributed by atoms with van der Waals surface area (Å²) in [5.74, 6) is -0.605. The van der Waals surface area contributed by atoms with Crippen molar-refractivity contribution in [1.82, 2.24) is 14.5 Å². The summed E-state index contributed by atoms with van der Waals surface area (Å²) in [6.07, 6.45) is 1.92. The van der Waals surface area contributed by atoms with E-state index in [1.54, 1.807) is 30.0 Å². The molecule has 1 fully saturated rings. The number of amides is 1. The molecule has 0 bridgehead atoms. The van der Waals surface area contributed by atoms with Gasteiger partial charge in [-0.2, -0.15) is 0 Å². The summed E-state index contributed by atoms with van der Waals surface area (Å²) >= 11 is 5.69. The molecule has 1 aliphatic heterocycles. The summed E-state index contributed by atoms with van der Waals surface area (Å²) < 4.78 is 14.9. The Labute approximate surface area is 195 Å². The second-order valence-corrected chi connectivity index (χ2v) is 8.57. The van der Waals surface area contributed by atoms with Crippen LogP contribution < -0.4 is 10.5 Å². The predicted molar refractivity (Wildman–Crippen MR) is 125 cm³/mol. The van der Waals surface area contributed by atoms with Crippen LogP contribution in [0, 0.1) is 5.82 Å². The Morgan fingerprint density at radius 1 is 1.09 bits per heavy atom. The fourth-order valence-electron chi connectivity index (χ4n) is 3.98. The molecular formula is C24H24ClFN4O3. The zero-order valence-corrected chi connectivity index (χ0v) is 19.0. The van der Waals surface area contributed by atoms with Crippen molar-refractivity contribution in [2.75, 3.05) is 31.1 Å². The van der Waals surface area contributed by atoms with E-state index >= 15 is 0 Å². The monoisotopic (exact) mass is 470 g/mol. The number of Topliss-reactive ketones (excluding diaryl/α,β-unsaturated/α-hetero) is 1. The van der Waals surface area contributed by atoms with Crippen LogP contribution in [0.25, 0.3) is 10.9 Å². The smallest absolute Gasteiger partial charge is 0.261 e. The number of aryl methyl sites for hydroxylation is 1. The molecule has 0 saturated carbocycles. The standard InChI is InChI=1S/C24H24ClFN4O3/c1-16(31)28-8-10-29(11-9-28)18-4-7-23-20(13-18)24(33)30(15-27-23)14-19(32)5-2-17-3-6-21(25)22(26)12-17/h3-4,6-7,12-13,15H,2,5,8-11,14H2,1H3. The molecule has 1 saturated heterocycles. The Hall–Kier alpha value is -3.26. The maximum absolute atomic E-state index is 13.6. The first-order valence-electron chi connectivity index (χ1n) is 10.8. The highest BCUT2D eigenvalue weighted by molar-refractivity contribution is 6.30. The SMILES string of the molecule is CC(=O)N1CCN(c2ccc3ncn(CC(=O)CCc4ccc(Cl)c(F)c4)c(=O)c3c2)CC1. The number of nitrogens with zero attached hydrogens (tertiary/aromatic N) is 4. The normalized spacial score (nSPS) is 14.0. The van der Waals surface area contributed by atoms with Gasteiger partial charge >= 0.3 is 0 Å². The molecule has 0 unspecified atom stereocenters. The number of hydrogen-bond acceptors (Lipinski definition) is 5. The lowest BCUT2D eigenvalue weighted by Crippen LogP contribution is -2.48. The van der Waals surface area contributed by atoms with Gasteiger partial charge in [0.05, 0.1) is 28.8 Å². The van der Waals surface area contributed by atoms with Crippen LogP contribution in [0.15, 0.2) is 47.5 Å². The number of carbonyl (C=O) groups is 2. The second kappa shape index (κ2) is 9.70. The van der Waals surface area contributed by atoms with Gasteiger partial charge in [0, 0.05) is 45.2 Å². The number of carbonyl (C=O) groups excluding carboxylic acids is 2. The van der Waals surface area contributed by atoms with E-state index in [9.17, 15) is 18.8 Å². The van der Waals surface area contributed by atoms with Crippen molar-refractivity contribution in [2.45, 2.75) is 26.3 Å². The zero-order valence-electron chi connectivity index (χ0n) is 18.3. The Morgan fingerprint density at radius 3 is 2.55 bits per heavy atom. The van der Waals surface area contributed by atoms with E-state index < -0.39 is 5.82 Å². The third-order valence-corrected chi connectivity index (χ3v) is 6.23. The van der Waals surface area contributed by atoms with E-state index in [1.807, 2.05) is 6.07 Å². The molecule has 3 aromatic rings. The van der Waals surface area contributed by atoms with Gasteiger partial charge in [0.15, 0.2) is 5.78 Å². The van der Waals surface area contributed by atoms with Gasteiger partial charge in [-0.05, 0) is 42.3 Å². The fraction of sp³-hybridized carbons (Fsp3) is 0.333. The molecule has 1 aromatic heterocycles. The van der Waals surface area contributed by atoms with Crippen LogP contribution in [-0.4, -0.2) is 52.3 Å². The lowest BCUT2D eigenvalue weighted by Gasteiger charge is -2.35. The van der Waals surface area contributed by atoms with Crippen molar-refractivity contribution in [3.05, 3.63) is 69.5 Å². The molecule has 0 atom stereocenters. The molecule has 0 N–H and O–H groups in total. The van der Waals surface area contributed by atoms with Gasteiger partial charge in [-0.1, -0.05) is 17.7 Å². The van der Waals surface area contributed by atoms with Crippen molar-refractivity contribution in [2.24, 2.45) is 0 Å². The number of piperazine rings is 1. The summed E-state index contributed by atoms with van der Waals surface area (Å²) in [6.45, 7) is 4.11. The molecule has 0 spiro atoms.